The first kappa shape index (κ1) is 10.5. The number of piperazine rings is 1. The summed E-state index contributed by atoms with van der Waals surface area (Å²) in [5.74, 6) is 0. The van der Waals surface area contributed by atoms with Crippen molar-refractivity contribution in [3.8, 4) is 0 Å². The van der Waals surface area contributed by atoms with Crippen LogP contribution in [-0.2, 0) is 6.42 Å². The number of benzene rings is 1. The first-order valence-electron chi connectivity index (χ1n) is 5.97. The molecule has 1 radical (unpaired) electrons. The lowest BCUT2D eigenvalue weighted by Gasteiger charge is -2.35. The van der Waals surface area contributed by atoms with E-state index in [4.69, 9.17) is 6.58 Å². The van der Waals surface area contributed by atoms with Crippen LogP contribution in [0.15, 0.2) is 28.9 Å². The van der Waals surface area contributed by atoms with Gasteiger partial charge in [-0.05, 0) is 31.3 Å². The van der Waals surface area contributed by atoms with E-state index in [1.807, 2.05) is 6.21 Å². The molecule has 0 aliphatic carbocycles. The molecule has 0 amide bonds. The molecule has 1 aromatic rings. The van der Waals surface area contributed by atoms with E-state index in [0.29, 0.717) is 0 Å². The van der Waals surface area contributed by atoms with Gasteiger partial charge in [0, 0.05) is 43.7 Å². The largest absolute Gasteiger partial charge is 0.342 e. The fraction of sp³-hybridized carbons (Fsp3) is 0.357. The molecular formula is C14H16N3. The van der Waals surface area contributed by atoms with Gasteiger partial charge in [-0.15, -0.1) is 0 Å². The molecule has 87 valence electrons. The number of likely N-dealkylation sites (N-methyl/N-ethyl adjacent to an activating group) is 1. The Balaban J connectivity index is 1.89. The first-order chi connectivity index (χ1) is 8.24. The maximum atomic E-state index is 6.11. The van der Waals surface area contributed by atoms with Gasteiger partial charge in [-0.25, -0.2) is 0 Å². The van der Waals surface area contributed by atoms with Crippen molar-refractivity contribution in [2.24, 2.45) is 4.99 Å². The van der Waals surface area contributed by atoms with Crippen molar-refractivity contribution in [3.05, 3.63) is 36.0 Å². The zero-order valence-corrected chi connectivity index (χ0v) is 10.1. The standard InChI is InChI=1S/C14H16N3/c1-11-10-16(2)7-8-17(11)13-4-3-12-5-6-15-14(12)9-13/h1,3-4,6,9H,5,7-8,10H2,2H3. The van der Waals surface area contributed by atoms with Crippen molar-refractivity contribution in [2.45, 2.75) is 6.42 Å². The average molecular weight is 226 g/mol. The number of fused-ring (bicyclic) bond motifs is 1. The van der Waals surface area contributed by atoms with Crippen LogP contribution in [0.25, 0.3) is 0 Å². The highest BCUT2D eigenvalue weighted by atomic mass is 15.3. The van der Waals surface area contributed by atoms with E-state index in [1.165, 1.54) is 5.56 Å². The number of hydrogen-bond donors (Lipinski definition) is 0. The molecule has 0 bridgehead atoms. The molecule has 3 rings (SSSR count). The Bertz CT molecular complexity index is 490. The highest BCUT2D eigenvalue weighted by molar-refractivity contribution is 5.78. The zero-order chi connectivity index (χ0) is 11.8. The Kier molecular flexibility index (Phi) is 2.48. The van der Waals surface area contributed by atoms with Gasteiger partial charge in [-0.3, -0.25) is 9.89 Å². The summed E-state index contributed by atoms with van der Waals surface area (Å²) in [5, 5.41) is 0. The Morgan fingerprint density at radius 2 is 2.18 bits per heavy atom. The molecule has 3 heteroatoms. The zero-order valence-electron chi connectivity index (χ0n) is 10.1. The monoisotopic (exact) mass is 226 g/mol. The molecule has 17 heavy (non-hydrogen) atoms. The molecule has 0 spiro atoms. The maximum absolute atomic E-state index is 6.11. The Morgan fingerprint density at radius 3 is 3.00 bits per heavy atom. The van der Waals surface area contributed by atoms with E-state index in [9.17, 15) is 0 Å². The van der Waals surface area contributed by atoms with Crippen LogP contribution < -0.4 is 4.90 Å². The summed E-state index contributed by atoms with van der Waals surface area (Å²) in [7, 11) is 2.09. The molecule has 0 aromatic heterocycles. The third-order valence-corrected chi connectivity index (χ3v) is 3.41. The lowest BCUT2D eigenvalue weighted by molar-refractivity contribution is 0.340. The van der Waals surface area contributed by atoms with Gasteiger partial charge in [-0.1, -0.05) is 6.07 Å². The molecule has 0 unspecified atom stereocenters. The van der Waals surface area contributed by atoms with E-state index >= 15 is 0 Å². The second kappa shape index (κ2) is 4.00. The second-order valence-corrected chi connectivity index (χ2v) is 4.71. The van der Waals surface area contributed by atoms with Crippen LogP contribution >= 0.6 is 0 Å². The summed E-state index contributed by atoms with van der Waals surface area (Å²) in [5.41, 5.74) is 4.48. The molecule has 3 nitrogen and oxygen atoms in total. The normalized spacial score (nSPS) is 19.8. The SMILES string of the molecule is [CH]=C1CN(C)CCN1c1ccc2c(c1)N=CC2. The number of aliphatic imine (C=N–C) groups is 1. The predicted octanol–water partition coefficient (Wildman–Crippen LogP) is 2.01. The Labute approximate surface area is 102 Å². The minimum Gasteiger partial charge on any atom is -0.342 e. The summed E-state index contributed by atoms with van der Waals surface area (Å²) in [6, 6.07) is 6.44. The van der Waals surface area contributed by atoms with Crippen LogP contribution in [0.2, 0.25) is 0 Å². The molecule has 1 fully saturated rings. The van der Waals surface area contributed by atoms with Crippen LogP contribution in [-0.4, -0.2) is 37.8 Å². The van der Waals surface area contributed by atoms with Gasteiger partial charge in [0.2, 0.25) is 0 Å². The smallest absolute Gasteiger partial charge is 0.0682 e. The summed E-state index contributed by atoms with van der Waals surface area (Å²) in [4.78, 5) is 8.80. The average Bonchev–Trinajstić information content (AvgIpc) is 2.75. The van der Waals surface area contributed by atoms with Gasteiger partial charge < -0.3 is 4.90 Å². The van der Waals surface area contributed by atoms with Gasteiger partial charge in [0.25, 0.3) is 0 Å². The van der Waals surface area contributed by atoms with E-state index < -0.39 is 0 Å². The van der Waals surface area contributed by atoms with Crippen molar-refractivity contribution in [1.82, 2.24) is 4.90 Å². The molecule has 2 aliphatic heterocycles. The second-order valence-electron chi connectivity index (χ2n) is 4.71. The lowest BCUT2D eigenvalue weighted by Crippen LogP contribution is -2.42. The Hall–Kier alpha value is -1.61. The quantitative estimate of drug-likeness (QED) is 0.729. The summed E-state index contributed by atoms with van der Waals surface area (Å²) >= 11 is 0. The van der Waals surface area contributed by atoms with Crippen molar-refractivity contribution in [3.63, 3.8) is 0 Å². The maximum Gasteiger partial charge on any atom is 0.0682 e. The van der Waals surface area contributed by atoms with Gasteiger partial charge >= 0.3 is 0 Å². The highest BCUT2D eigenvalue weighted by Crippen LogP contribution is 2.31. The molecule has 2 aliphatic rings. The highest BCUT2D eigenvalue weighted by Gasteiger charge is 2.19. The van der Waals surface area contributed by atoms with Crippen molar-refractivity contribution in [1.29, 1.82) is 0 Å². The van der Waals surface area contributed by atoms with E-state index in [1.54, 1.807) is 0 Å². The molecule has 2 heterocycles. The number of rotatable bonds is 1. The summed E-state index contributed by atoms with van der Waals surface area (Å²) in [6.45, 7) is 8.93. The van der Waals surface area contributed by atoms with Crippen molar-refractivity contribution >= 4 is 17.6 Å². The molecule has 0 saturated carbocycles. The van der Waals surface area contributed by atoms with Gasteiger partial charge in [0.15, 0.2) is 0 Å². The minimum atomic E-state index is 0.834. The molecule has 1 aromatic carbocycles. The van der Waals surface area contributed by atoms with Crippen molar-refractivity contribution in [2.75, 3.05) is 31.6 Å². The number of hydrogen-bond acceptors (Lipinski definition) is 3. The van der Waals surface area contributed by atoms with Crippen LogP contribution in [0.1, 0.15) is 5.56 Å². The van der Waals surface area contributed by atoms with Crippen LogP contribution in [0.3, 0.4) is 0 Å². The molecular weight excluding hydrogens is 210 g/mol. The summed E-state index contributed by atoms with van der Waals surface area (Å²) in [6.07, 6.45) is 2.92. The van der Waals surface area contributed by atoms with Gasteiger partial charge in [0.05, 0.1) is 5.69 Å². The molecule has 1 saturated heterocycles. The number of nitrogens with zero attached hydrogens (tertiary/aromatic N) is 3. The van der Waals surface area contributed by atoms with E-state index in [0.717, 1.165) is 43.1 Å². The van der Waals surface area contributed by atoms with Crippen molar-refractivity contribution < 1.29 is 0 Å². The van der Waals surface area contributed by atoms with Crippen LogP contribution in [0.4, 0.5) is 11.4 Å². The topological polar surface area (TPSA) is 18.8 Å². The lowest BCUT2D eigenvalue weighted by atomic mass is 10.1. The Morgan fingerprint density at radius 1 is 1.29 bits per heavy atom. The molecule has 0 atom stereocenters. The number of anilines is 1. The fourth-order valence-corrected chi connectivity index (χ4v) is 2.41. The first-order valence-corrected chi connectivity index (χ1v) is 5.97. The van der Waals surface area contributed by atoms with E-state index in [-0.39, 0.29) is 0 Å². The third-order valence-electron chi connectivity index (χ3n) is 3.41. The van der Waals surface area contributed by atoms with Crippen LogP contribution in [0.5, 0.6) is 0 Å². The third kappa shape index (κ3) is 1.87. The van der Waals surface area contributed by atoms with Gasteiger partial charge in [0.1, 0.15) is 0 Å². The minimum absolute atomic E-state index is 0.834. The van der Waals surface area contributed by atoms with E-state index in [2.05, 4.69) is 40.0 Å². The predicted molar refractivity (Wildman–Crippen MR) is 71.0 cm³/mol. The van der Waals surface area contributed by atoms with Gasteiger partial charge in [-0.2, -0.15) is 0 Å². The molecule has 0 N–H and O–H groups in total. The fourth-order valence-electron chi connectivity index (χ4n) is 2.41. The summed E-state index contributed by atoms with van der Waals surface area (Å²) < 4.78 is 0. The van der Waals surface area contributed by atoms with Crippen LogP contribution in [0, 0.1) is 6.58 Å².